The summed E-state index contributed by atoms with van der Waals surface area (Å²) in [6.45, 7) is 4.49. The molecule has 5 nitrogen and oxygen atoms in total. The number of hydrogen-bond donors (Lipinski definition) is 1. The van der Waals surface area contributed by atoms with Crippen LogP contribution in [0.3, 0.4) is 0 Å². The molecule has 0 aliphatic carbocycles. The number of hydrogen-bond acceptors (Lipinski definition) is 4. The number of anilines is 1. The van der Waals surface area contributed by atoms with Gasteiger partial charge in [-0.05, 0) is 48.9 Å². The number of piperazine rings is 1. The third-order valence-electron chi connectivity index (χ3n) is 5.34. The zero-order chi connectivity index (χ0) is 21.7. The molecule has 0 saturated carbocycles. The summed E-state index contributed by atoms with van der Waals surface area (Å²) in [6, 6.07) is 12.6. The van der Waals surface area contributed by atoms with Crippen molar-refractivity contribution in [1.29, 1.82) is 0 Å². The molecule has 1 atom stereocenters. The van der Waals surface area contributed by atoms with E-state index in [2.05, 4.69) is 10.2 Å². The van der Waals surface area contributed by atoms with Crippen LogP contribution >= 0.6 is 0 Å². The number of nitrogens with one attached hydrogen (secondary N) is 1. The molecule has 1 aliphatic rings. The number of nitrogens with zero attached hydrogens (tertiary/aromatic N) is 2. The maximum atomic E-state index is 12.9. The Balaban J connectivity index is 1.49. The van der Waals surface area contributed by atoms with Crippen LogP contribution in [0.2, 0.25) is 0 Å². The first-order valence-electron chi connectivity index (χ1n) is 9.85. The summed E-state index contributed by atoms with van der Waals surface area (Å²) < 4.78 is 43.8. The molecule has 1 heterocycles. The van der Waals surface area contributed by atoms with Gasteiger partial charge in [-0.15, -0.1) is 0 Å². The molecule has 1 unspecified atom stereocenters. The Morgan fingerprint density at radius 1 is 1.10 bits per heavy atom. The molecule has 1 fully saturated rings. The highest BCUT2D eigenvalue weighted by molar-refractivity contribution is 5.78. The highest BCUT2D eigenvalue weighted by atomic mass is 19.4. The number of carbonyl (C=O) groups excluding carboxylic acids is 1. The van der Waals surface area contributed by atoms with Crippen LogP contribution in [0.5, 0.6) is 5.75 Å². The van der Waals surface area contributed by atoms with Crippen molar-refractivity contribution in [2.24, 2.45) is 0 Å². The molecule has 0 bridgehead atoms. The van der Waals surface area contributed by atoms with Gasteiger partial charge in [0.05, 0.1) is 19.2 Å². The Bertz CT molecular complexity index is 847. The number of amides is 1. The van der Waals surface area contributed by atoms with Gasteiger partial charge in [0.2, 0.25) is 5.91 Å². The van der Waals surface area contributed by atoms with Gasteiger partial charge in [-0.3, -0.25) is 4.79 Å². The summed E-state index contributed by atoms with van der Waals surface area (Å²) in [5, 5.41) is 3.04. The molecule has 0 aromatic heterocycles. The quantitative estimate of drug-likeness (QED) is 0.773. The Morgan fingerprint density at radius 2 is 1.77 bits per heavy atom. The van der Waals surface area contributed by atoms with E-state index in [0.29, 0.717) is 18.7 Å². The van der Waals surface area contributed by atoms with Gasteiger partial charge in [0.1, 0.15) is 5.75 Å². The topological polar surface area (TPSA) is 44.8 Å². The Hall–Kier alpha value is -2.74. The first-order chi connectivity index (χ1) is 14.3. The largest absolute Gasteiger partial charge is 0.497 e. The van der Waals surface area contributed by atoms with Crippen molar-refractivity contribution in [3.8, 4) is 5.75 Å². The molecule has 0 radical (unpaired) electrons. The van der Waals surface area contributed by atoms with E-state index in [1.165, 1.54) is 6.07 Å². The van der Waals surface area contributed by atoms with Gasteiger partial charge in [-0.1, -0.05) is 12.1 Å². The Kier molecular flexibility index (Phi) is 6.87. The maximum absolute atomic E-state index is 12.9. The summed E-state index contributed by atoms with van der Waals surface area (Å²) in [5.41, 5.74) is 0.899. The highest BCUT2D eigenvalue weighted by Crippen LogP contribution is 2.30. The van der Waals surface area contributed by atoms with E-state index in [1.807, 2.05) is 24.3 Å². The standard InChI is InChI=1S/C22H26F3N3O2/c1-16(17-4-3-5-18(14-17)22(23,24)25)26-15-21(29)28-12-10-27(11-13-28)19-6-8-20(30-2)9-7-19/h3-9,14,16,26H,10-13,15H2,1-2H3. The van der Waals surface area contributed by atoms with Gasteiger partial charge < -0.3 is 19.9 Å². The number of benzene rings is 2. The van der Waals surface area contributed by atoms with Gasteiger partial charge in [0.15, 0.2) is 0 Å². The third kappa shape index (κ3) is 5.44. The smallest absolute Gasteiger partial charge is 0.416 e. The molecule has 1 amide bonds. The molecule has 2 aromatic rings. The summed E-state index contributed by atoms with van der Waals surface area (Å²) in [6.07, 6.45) is -4.38. The fourth-order valence-corrected chi connectivity index (χ4v) is 3.46. The molecule has 1 aliphatic heterocycles. The fraction of sp³-hybridized carbons (Fsp3) is 0.409. The van der Waals surface area contributed by atoms with E-state index >= 15 is 0 Å². The van der Waals surface area contributed by atoms with E-state index < -0.39 is 11.7 Å². The molecule has 1 saturated heterocycles. The van der Waals surface area contributed by atoms with Crippen LogP contribution < -0.4 is 15.0 Å². The second kappa shape index (κ2) is 9.38. The van der Waals surface area contributed by atoms with E-state index in [-0.39, 0.29) is 18.5 Å². The van der Waals surface area contributed by atoms with Gasteiger partial charge in [-0.25, -0.2) is 0 Å². The summed E-state index contributed by atoms with van der Waals surface area (Å²) >= 11 is 0. The van der Waals surface area contributed by atoms with Crippen LogP contribution in [-0.2, 0) is 11.0 Å². The van der Waals surface area contributed by atoms with Crippen LogP contribution in [0, 0.1) is 0 Å². The molecule has 162 valence electrons. The van der Waals surface area contributed by atoms with Crippen molar-refractivity contribution in [3.05, 3.63) is 59.7 Å². The van der Waals surface area contributed by atoms with Crippen LogP contribution in [0.1, 0.15) is 24.1 Å². The van der Waals surface area contributed by atoms with E-state index in [4.69, 9.17) is 4.74 Å². The van der Waals surface area contributed by atoms with Gasteiger partial charge in [0.25, 0.3) is 0 Å². The maximum Gasteiger partial charge on any atom is 0.416 e. The minimum atomic E-state index is -4.38. The van der Waals surface area contributed by atoms with Crippen LogP contribution in [-0.4, -0.2) is 50.6 Å². The monoisotopic (exact) mass is 421 g/mol. The van der Waals surface area contributed by atoms with Crippen molar-refractivity contribution in [1.82, 2.24) is 10.2 Å². The number of alkyl halides is 3. The zero-order valence-electron chi connectivity index (χ0n) is 17.1. The van der Waals surface area contributed by atoms with Crippen molar-refractivity contribution in [3.63, 3.8) is 0 Å². The minimum Gasteiger partial charge on any atom is -0.497 e. The predicted octanol–water partition coefficient (Wildman–Crippen LogP) is 3.71. The SMILES string of the molecule is COc1ccc(N2CCN(C(=O)CNC(C)c3cccc(C(F)(F)F)c3)CC2)cc1. The summed E-state index contributed by atoms with van der Waals surface area (Å²) in [5.74, 6) is 0.747. The molecular weight excluding hydrogens is 395 g/mol. The number of methoxy groups -OCH3 is 1. The first kappa shape index (κ1) is 22.0. The summed E-state index contributed by atoms with van der Waals surface area (Å²) in [4.78, 5) is 16.5. The molecule has 2 aromatic carbocycles. The Morgan fingerprint density at radius 3 is 2.37 bits per heavy atom. The number of rotatable bonds is 6. The van der Waals surface area contributed by atoms with Crippen molar-refractivity contribution < 1.29 is 22.7 Å². The fourth-order valence-electron chi connectivity index (χ4n) is 3.46. The lowest BCUT2D eigenvalue weighted by Gasteiger charge is -2.36. The predicted molar refractivity (Wildman–Crippen MR) is 110 cm³/mol. The highest BCUT2D eigenvalue weighted by Gasteiger charge is 2.30. The molecule has 0 spiro atoms. The lowest BCUT2D eigenvalue weighted by atomic mass is 10.0. The van der Waals surface area contributed by atoms with E-state index in [1.54, 1.807) is 25.0 Å². The van der Waals surface area contributed by atoms with E-state index in [9.17, 15) is 18.0 Å². The number of ether oxygens (including phenoxy) is 1. The molecule has 8 heteroatoms. The Labute approximate surface area is 174 Å². The number of halogens is 3. The minimum absolute atomic E-state index is 0.0526. The summed E-state index contributed by atoms with van der Waals surface area (Å²) in [7, 11) is 1.63. The lowest BCUT2D eigenvalue weighted by molar-refractivity contribution is -0.137. The second-order valence-corrected chi connectivity index (χ2v) is 7.29. The third-order valence-corrected chi connectivity index (χ3v) is 5.34. The average Bonchev–Trinajstić information content (AvgIpc) is 2.77. The average molecular weight is 421 g/mol. The van der Waals surface area contributed by atoms with Crippen molar-refractivity contribution in [2.45, 2.75) is 19.1 Å². The molecule has 1 N–H and O–H groups in total. The molecule has 30 heavy (non-hydrogen) atoms. The van der Waals surface area contributed by atoms with Crippen LogP contribution in [0.4, 0.5) is 18.9 Å². The lowest BCUT2D eigenvalue weighted by Crippen LogP contribution is -2.51. The van der Waals surface area contributed by atoms with Gasteiger partial charge >= 0.3 is 6.18 Å². The second-order valence-electron chi connectivity index (χ2n) is 7.29. The zero-order valence-corrected chi connectivity index (χ0v) is 17.1. The van der Waals surface area contributed by atoms with Gasteiger partial charge in [-0.2, -0.15) is 13.2 Å². The molecular formula is C22H26F3N3O2. The van der Waals surface area contributed by atoms with Crippen molar-refractivity contribution >= 4 is 11.6 Å². The van der Waals surface area contributed by atoms with Crippen LogP contribution in [0.15, 0.2) is 48.5 Å². The number of carbonyl (C=O) groups is 1. The normalized spacial score (nSPS) is 15.8. The van der Waals surface area contributed by atoms with Crippen molar-refractivity contribution in [2.75, 3.05) is 44.7 Å². The van der Waals surface area contributed by atoms with Crippen LogP contribution in [0.25, 0.3) is 0 Å². The first-order valence-corrected chi connectivity index (χ1v) is 9.85. The van der Waals surface area contributed by atoms with E-state index in [0.717, 1.165) is 36.7 Å². The molecule has 3 rings (SSSR count). The van der Waals surface area contributed by atoms with Gasteiger partial charge in [0, 0.05) is 37.9 Å².